The van der Waals surface area contributed by atoms with Gasteiger partial charge in [0, 0.05) is 23.8 Å². The topological polar surface area (TPSA) is 72.5 Å². The Kier molecular flexibility index (Phi) is 28.2. The summed E-state index contributed by atoms with van der Waals surface area (Å²) < 4.78 is 42.8. The molecule has 1 aromatic carbocycles. The molecule has 11 heteroatoms. The minimum Gasteiger partial charge on any atom is -0.463 e. The van der Waals surface area contributed by atoms with Crippen LogP contribution in [0.15, 0.2) is 42.5 Å². The van der Waals surface area contributed by atoms with Crippen molar-refractivity contribution in [1.82, 2.24) is 0 Å². The van der Waals surface area contributed by atoms with E-state index in [9.17, 15) is 4.79 Å². The molecule has 0 fully saturated rings. The van der Waals surface area contributed by atoms with Crippen molar-refractivity contribution >= 4 is 39.2 Å². The van der Waals surface area contributed by atoms with Crippen LogP contribution in [0.4, 0.5) is 0 Å². The first kappa shape index (κ1) is 58.1. The zero-order valence-corrected chi connectivity index (χ0v) is 46.8. The molecule has 0 aliphatic carbocycles. The summed E-state index contributed by atoms with van der Waals surface area (Å²) in [6.45, 7) is 40.9. The normalized spacial score (nSPS) is 17.1. The lowest BCUT2D eigenvalue weighted by atomic mass is 9.80. The molecule has 0 amide bonds. The van der Waals surface area contributed by atoms with E-state index in [1.165, 1.54) is 5.56 Å². The fourth-order valence-corrected chi connectivity index (χ4v) is 21.5. The molecule has 0 aliphatic rings. The van der Waals surface area contributed by atoms with Gasteiger partial charge in [0.05, 0.1) is 44.2 Å². The summed E-state index contributed by atoms with van der Waals surface area (Å²) in [6.07, 6.45) is 4.09. The van der Waals surface area contributed by atoms with Gasteiger partial charge in [-0.3, -0.25) is 0 Å². The Labute approximate surface area is 382 Å². The highest BCUT2D eigenvalue weighted by Gasteiger charge is 2.47. The summed E-state index contributed by atoms with van der Waals surface area (Å²) >= 11 is 0. The smallest absolute Gasteiger partial charge is 0.330 e. The first-order valence-corrected chi connectivity index (χ1v) is 35.3. The van der Waals surface area contributed by atoms with E-state index in [2.05, 4.69) is 141 Å². The second-order valence-corrected chi connectivity index (χ2v) is 37.2. The standard InChI is InChI=1S/C50H98O7Si4/c1-18-53-48(51)37-36-41(14)46(54-58(19-2,20-3)21-4)38-47(55-59(22-5,23-6)24-7)43(16)50(57-61(28-11,29-12)30-13)44(17)49(56-60(25-8,26-9)27-10)42(15)39-52-40-45-34-32-31-33-35-45/h31-37,41-44,46-47,49-50H,18-30,38-40H2,1-17H3/b37-36+/t41-,42+,43+,44+,46+,47-,49+,50+/m1/s1. The van der Waals surface area contributed by atoms with E-state index >= 15 is 0 Å². The van der Waals surface area contributed by atoms with Crippen LogP contribution in [0.25, 0.3) is 0 Å². The Bertz CT molecular complexity index is 1280. The van der Waals surface area contributed by atoms with Crippen molar-refractivity contribution in [2.24, 2.45) is 23.7 Å². The zero-order chi connectivity index (χ0) is 46.3. The summed E-state index contributed by atoms with van der Waals surface area (Å²) in [7, 11) is -8.35. The largest absolute Gasteiger partial charge is 0.463 e. The van der Waals surface area contributed by atoms with Crippen LogP contribution in [-0.4, -0.2) is 76.9 Å². The van der Waals surface area contributed by atoms with Gasteiger partial charge in [0.2, 0.25) is 0 Å². The van der Waals surface area contributed by atoms with Crippen molar-refractivity contribution in [3.63, 3.8) is 0 Å². The second-order valence-electron chi connectivity index (χ2n) is 18.4. The Morgan fingerprint density at radius 1 is 0.541 bits per heavy atom. The van der Waals surface area contributed by atoms with E-state index in [1.54, 1.807) is 6.08 Å². The molecule has 0 aliphatic heterocycles. The van der Waals surface area contributed by atoms with Crippen molar-refractivity contribution in [3.8, 4) is 0 Å². The molecule has 1 rings (SSSR count). The molecular weight excluding hydrogens is 825 g/mol. The number of carbonyl (C=O) groups excluding carboxylic acids is 1. The van der Waals surface area contributed by atoms with Crippen LogP contribution in [0.5, 0.6) is 0 Å². The highest BCUT2D eigenvalue weighted by Crippen LogP contribution is 2.41. The summed E-state index contributed by atoms with van der Waals surface area (Å²) in [6, 6.07) is 23.4. The van der Waals surface area contributed by atoms with E-state index < -0.39 is 33.3 Å². The fraction of sp³-hybridized carbons (Fsp3) is 0.820. The number of hydrogen-bond acceptors (Lipinski definition) is 7. The van der Waals surface area contributed by atoms with Gasteiger partial charge in [0.1, 0.15) is 0 Å². The van der Waals surface area contributed by atoms with Gasteiger partial charge in [-0.05, 0) is 97.4 Å². The number of benzene rings is 1. The van der Waals surface area contributed by atoms with Gasteiger partial charge < -0.3 is 27.2 Å². The SMILES string of the molecule is CCOC(=O)/C=C/[C@@H](C)[C@H](C[C@@H](O[Si](CC)(CC)CC)[C@H](C)[C@H](O[Si](CC)(CC)CC)[C@@H](C)[C@@H](O[Si](CC)(CC)CC)[C@@H](C)COCc1ccccc1)O[Si](CC)(CC)CC. The Hall–Kier alpha value is -0.902. The predicted molar refractivity (Wildman–Crippen MR) is 271 cm³/mol. The van der Waals surface area contributed by atoms with Crippen molar-refractivity contribution in [2.75, 3.05) is 13.2 Å². The van der Waals surface area contributed by atoms with E-state index in [1.807, 2.05) is 13.0 Å². The van der Waals surface area contributed by atoms with Gasteiger partial charge >= 0.3 is 5.97 Å². The Morgan fingerprint density at radius 2 is 0.951 bits per heavy atom. The summed E-state index contributed by atoms with van der Waals surface area (Å²) in [5, 5.41) is 0. The van der Waals surface area contributed by atoms with Gasteiger partial charge in [-0.2, -0.15) is 0 Å². The molecule has 0 spiro atoms. The van der Waals surface area contributed by atoms with Crippen LogP contribution < -0.4 is 0 Å². The second kappa shape index (κ2) is 29.6. The van der Waals surface area contributed by atoms with Crippen molar-refractivity contribution < 1.29 is 32.0 Å². The predicted octanol–water partition coefficient (Wildman–Crippen LogP) is 14.8. The molecule has 0 unspecified atom stereocenters. The molecule has 0 bridgehead atoms. The molecular formula is C50H98O7Si4. The summed E-state index contributed by atoms with van der Waals surface area (Å²) in [5.74, 6) is 0.0333. The average Bonchev–Trinajstić information content (AvgIpc) is 3.29. The molecule has 0 N–H and O–H groups in total. The van der Waals surface area contributed by atoms with Crippen LogP contribution in [0.2, 0.25) is 72.5 Å². The number of carbonyl (C=O) groups is 1. The number of rotatable bonds is 35. The Balaban J connectivity index is 4.13. The van der Waals surface area contributed by atoms with Crippen LogP contribution in [0, 0.1) is 23.7 Å². The fourth-order valence-electron chi connectivity index (χ4n) is 9.60. The highest BCUT2D eigenvalue weighted by atomic mass is 28.4. The maximum Gasteiger partial charge on any atom is 0.330 e. The van der Waals surface area contributed by atoms with Gasteiger partial charge in [0.25, 0.3) is 0 Å². The quantitative estimate of drug-likeness (QED) is 0.0381. The van der Waals surface area contributed by atoms with E-state index in [-0.39, 0.29) is 54.1 Å². The van der Waals surface area contributed by atoms with Gasteiger partial charge in [-0.25, -0.2) is 4.79 Å². The zero-order valence-electron chi connectivity index (χ0n) is 42.8. The van der Waals surface area contributed by atoms with Gasteiger partial charge in [-0.1, -0.05) is 147 Å². The minimum atomic E-state index is -2.13. The van der Waals surface area contributed by atoms with Crippen LogP contribution >= 0.6 is 0 Å². The van der Waals surface area contributed by atoms with Crippen molar-refractivity contribution in [1.29, 1.82) is 0 Å². The molecule has 1 aromatic rings. The average molecular weight is 924 g/mol. The van der Waals surface area contributed by atoms with Crippen molar-refractivity contribution in [3.05, 3.63) is 48.0 Å². The molecule has 0 saturated heterocycles. The third kappa shape index (κ3) is 17.4. The third-order valence-corrected chi connectivity index (χ3v) is 34.0. The molecule has 356 valence electrons. The first-order chi connectivity index (χ1) is 29.0. The molecule has 8 atom stereocenters. The molecule has 61 heavy (non-hydrogen) atoms. The van der Waals surface area contributed by atoms with E-state index in [4.69, 9.17) is 27.2 Å². The molecule has 0 heterocycles. The lowest BCUT2D eigenvalue weighted by Crippen LogP contribution is -2.55. The van der Waals surface area contributed by atoms with Gasteiger partial charge in [0.15, 0.2) is 33.3 Å². The molecule has 0 radical (unpaired) electrons. The molecule has 7 nitrogen and oxygen atoms in total. The Morgan fingerprint density at radius 3 is 1.38 bits per heavy atom. The van der Waals surface area contributed by atoms with Crippen molar-refractivity contribution in [2.45, 2.75) is 228 Å². The summed E-state index contributed by atoms with van der Waals surface area (Å²) in [4.78, 5) is 12.7. The summed E-state index contributed by atoms with van der Waals surface area (Å²) in [5.41, 5.74) is 1.19. The number of esters is 1. The minimum absolute atomic E-state index is 0.00416. The van der Waals surface area contributed by atoms with E-state index in [0.717, 1.165) is 78.9 Å². The third-order valence-electron chi connectivity index (χ3n) is 15.4. The number of ether oxygens (including phenoxy) is 2. The van der Waals surface area contributed by atoms with Crippen LogP contribution in [-0.2, 0) is 38.6 Å². The maximum atomic E-state index is 12.7. The molecule has 0 aromatic heterocycles. The maximum absolute atomic E-state index is 12.7. The van der Waals surface area contributed by atoms with Gasteiger partial charge in [-0.15, -0.1) is 0 Å². The monoisotopic (exact) mass is 923 g/mol. The molecule has 0 saturated carbocycles. The lowest BCUT2D eigenvalue weighted by Gasteiger charge is -2.48. The van der Waals surface area contributed by atoms with Crippen LogP contribution in [0.1, 0.15) is 130 Å². The number of hydrogen-bond donors (Lipinski definition) is 0. The lowest BCUT2D eigenvalue weighted by molar-refractivity contribution is -0.137. The highest BCUT2D eigenvalue weighted by molar-refractivity contribution is 6.74. The first-order valence-electron chi connectivity index (χ1n) is 25.2. The van der Waals surface area contributed by atoms with Crippen LogP contribution in [0.3, 0.4) is 0 Å². The van der Waals surface area contributed by atoms with E-state index in [0.29, 0.717) is 19.8 Å².